The van der Waals surface area contributed by atoms with Gasteiger partial charge in [0.05, 0.1) is 10.9 Å². The molecule has 27 heavy (non-hydrogen) atoms. The summed E-state index contributed by atoms with van der Waals surface area (Å²) in [6.07, 6.45) is 6.56. The lowest BCUT2D eigenvalue weighted by Gasteiger charge is -2.33. The highest BCUT2D eigenvalue weighted by Gasteiger charge is 2.60. The van der Waals surface area contributed by atoms with Crippen molar-refractivity contribution in [1.82, 2.24) is 4.31 Å². The molecule has 0 amide bonds. The molecule has 0 radical (unpaired) electrons. The van der Waals surface area contributed by atoms with Gasteiger partial charge in [0.15, 0.2) is 0 Å². The van der Waals surface area contributed by atoms with Crippen LogP contribution in [0, 0.1) is 26.7 Å². The molecule has 0 aromatic heterocycles. The van der Waals surface area contributed by atoms with E-state index in [0.717, 1.165) is 12.0 Å². The third-order valence-electron chi connectivity index (χ3n) is 5.88. The molecule has 1 aliphatic heterocycles. The number of rotatable bonds is 4. The van der Waals surface area contributed by atoms with Gasteiger partial charge >= 0.3 is 0 Å². The van der Waals surface area contributed by atoms with Crippen LogP contribution >= 0.6 is 0 Å². The molecule has 2 aromatic rings. The van der Waals surface area contributed by atoms with Crippen molar-refractivity contribution in [2.75, 3.05) is 0 Å². The van der Waals surface area contributed by atoms with Crippen molar-refractivity contribution in [3.8, 4) is 0 Å². The molecule has 140 valence electrons. The highest BCUT2D eigenvalue weighted by molar-refractivity contribution is 7.89. The molecule has 1 aliphatic carbocycles. The summed E-state index contributed by atoms with van der Waals surface area (Å²) >= 11 is 0. The van der Waals surface area contributed by atoms with E-state index in [1.54, 1.807) is 24.4 Å². The first-order valence-electron chi connectivity index (χ1n) is 9.29. The Hall–Kier alpha value is -2.33. The van der Waals surface area contributed by atoms with Gasteiger partial charge < -0.3 is 0 Å². The smallest absolute Gasteiger partial charge is 0.264 e. The number of fused-ring (bicyclic) bond motifs is 1. The van der Waals surface area contributed by atoms with Crippen LogP contribution in [-0.4, -0.2) is 18.8 Å². The van der Waals surface area contributed by atoms with Gasteiger partial charge in [-0.3, -0.25) is 4.31 Å². The van der Waals surface area contributed by atoms with Crippen molar-refractivity contribution in [3.63, 3.8) is 0 Å². The minimum absolute atomic E-state index is 0.0745. The van der Waals surface area contributed by atoms with Gasteiger partial charge in [-0.1, -0.05) is 59.2 Å². The summed E-state index contributed by atoms with van der Waals surface area (Å²) < 4.78 is 27.9. The molecule has 0 N–H and O–H groups in total. The predicted molar refractivity (Wildman–Crippen MR) is 109 cm³/mol. The Kier molecular flexibility index (Phi) is 4.08. The van der Waals surface area contributed by atoms with Crippen molar-refractivity contribution in [3.05, 3.63) is 89.6 Å². The third kappa shape index (κ3) is 2.83. The second-order valence-corrected chi connectivity index (χ2v) is 9.76. The fourth-order valence-corrected chi connectivity index (χ4v) is 5.92. The molecular formula is C23H25NO2S. The maximum atomic E-state index is 13.2. The van der Waals surface area contributed by atoms with Gasteiger partial charge in [-0.05, 0) is 50.8 Å². The third-order valence-corrected chi connectivity index (χ3v) is 7.67. The molecule has 3 atom stereocenters. The van der Waals surface area contributed by atoms with E-state index in [4.69, 9.17) is 0 Å². The molecule has 2 aromatic carbocycles. The summed E-state index contributed by atoms with van der Waals surface area (Å²) in [5.41, 5.74) is 4.72. The first-order chi connectivity index (χ1) is 12.8. The molecule has 2 aliphatic rings. The van der Waals surface area contributed by atoms with E-state index in [1.807, 2.05) is 19.1 Å². The summed E-state index contributed by atoms with van der Waals surface area (Å²) in [4.78, 5) is 0.323. The Morgan fingerprint density at radius 1 is 1.04 bits per heavy atom. The maximum absolute atomic E-state index is 13.2. The van der Waals surface area contributed by atoms with Crippen molar-refractivity contribution in [2.24, 2.45) is 5.92 Å². The fourth-order valence-electron chi connectivity index (χ4n) is 4.42. The molecule has 4 rings (SSSR count). The van der Waals surface area contributed by atoms with Crippen LogP contribution in [0.4, 0.5) is 0 Å². The van der Waals surface area contributed by atoms with Gasteiger partial charge in [-0.25, -0.2) is 8.42 Å². The van der Waals surface area contributed by atoms with Crippen molar-refractivity contribution < 1.29 is 8.42 Å². The highest BCUT2D eigenvalue weighted by Crippen LogP contribution is 2.61. The lowest BCUT2D eigenvalue weighted by atomic mass is 9.87. The predicted octanol–water partition coefficient (Wildman–Crippen LogP) is 4.64. The van der Waals surface area contributed by atoms with Crippen LogP contribution in [0.1, 0.15) is 28.7 Å². The quantitative estimate of drug-likeness (QED) is 0.726. The van der Waals surface area contributed by atoms with Gasteiger partial charge in [-0.15, -0.1) is 6.58 Å². The van der Waals surface area contributed by atoms with E-state index in [0.29, 0.717) is 4.90 Å². The van der Waals surface area contributed by atoms with Crippen molar-refractivity contribution in [2.45, 2.75) is 43.5 Å². The first-order valence-corrected chi connectivity index (χ1v) is 10.7. The largest absolute Gasteiger partial charge is 0.266 e. The number of allylic oxidation sites excluding steroid dienone is 1. The van der Waals surface area contributed by atoms with Crippen LogP contribution in [0.2, 0.25) is 0 Å². The van der Waals surface area contributed by atoms with Gasteiger partial charge in [0, 0.05) is 11.6 Å². The van der Waals surface area contributed by atoms with Gasteiger partial charge in [0.1, 0.15) is 0 Å². The van der Waals surface area contributed by atoms with E-state index in [2.05, 4.69) is 44.7 Å². The Labute approximate surface area is 162 Å². The Morgan fingerprint density at radius 2 is 1.67 bits per heavy atom. The molecule has 1 saturated carbocycles. The normalized spacial score (nSPS) is 26.6. The number of aryl methyl sites for hydroxylation is 3. The Balaban J connectivity index is 1.74. The fraction of sp³-hybridized carbons (Fsp3) is 0.304. The molecule has 0 bridgehead atoms. The summed E-state index contributed by atoms with van der Waals surface area (Å²) in [5.74, 6) is 0.224. The molecule has 1 heterocycles. The zero-order valence-electron chi connectivity index (χ0n) is 16.0. The van der Waals surface area contributed by atoms with E-state index < -0.39 is 10.0 Å². The van der Waals surface area contributed by atoms with E-state index in [-0.39, 0.29) is 17.4 Å². The summed E-state index contributed by atoms with van der Waals surface area (Å²) in [6.45, 7) is 10.1. The zero-order chi connectivity index (χ0) is 19.4. The average molecular weight is 380 g/mol. The number of benzene rings is 2. The van der Waals surface area contributed by atoms with Crippen LogP contribution in [0.15, 0.2) is 72.3 Å². The van der Waals surface area contributed by atoms with E-state index in [9.17, 15) is 8.42 Å². The summed E-state index contributed by atoms with van der Waals surface area (Å²) in [6, 6.07) is 13.4. The topological polar surface area (TPSA) is 37.4 Å². The SMILES string of the molecule is C=C[C@H]1[C@@H]2C[C@]2(c2cc(C)cc(C)c2)C=CN1S(=O)(=O)c1ccc(C)cc1. The number of sulfonamides is 1. The standard InChI is InChI=1S/C23H25NO2S/c1-5-22-21-15-23(21,19-13-17(3)12-18(4)14-19)10-11-24(22)27(25,26)20-8-6-16(2)7-9-20/h5-14,21-22H,1,15H2,2-4H3/t21-,22-,23-/m0/s1. The minimum Gasteiger partial charge on any atom is -0.266 e. The molecule has 0 spiro atoms. The Morgan fingerprint density at radius 3 is 2.26 bits per heavy atom. The molecule has 0 saturated heterocycles. The average Bonchev–Trinajstić information content (AvgIpc) is 3.36. The van der Waals surface area contributed by atoms with Gasteiger partial charge in [-0.2, -0.15) is 0 Å². The lowest BCUT2D eigenvalue weighted by Crippen LogP contribution is -2.40. The maximum Gasteiger partial charge on any atom is 0.264 e. The van der Waals surface area contributed by atoms with Crippen LogP contribution in [0.25, 0.3) is 0 Å². The number of hydrogen-bond acceptors (Lipinski definition) is 2. The minimum atomic E-state index is -3.60. The molecule has 0 unspecified atom stereocenters. The number of hydrogen-bond donors (Lipinski definition) is 0. The van der Waals surface area contributed by atoms with E-state index in [1.165, 1.54) is 21.0 Å². The second kappa shape index (κ2) is 6.10. The van der Waals surface area contributed by atoms with Gasteiger partial charge in [0.25, 0.3) is 10.0 Å². The summed E-state index contributed by atoms with van der Waals surface area (Å²) in [5, 5.41) is 0. The first kappa shape index (κ1) is 18.1. The second-order valence-electron chi connectivity index (χ2n) is 7.92. The van der Waals surface area contributed by atoms with Crippen molar-refractivity contribution >= 4 is 10.0 Å². The van der Waals surface area contributed by atoms with Gasteiger partial charge in [0.2, 0.25) is 0 Å². The Bertz CT molecular complexity index is 1020. The van der Waals surface area contributed by atoms with Crippen LogP contribution in [0.3, 0.4) is 0 Å². The highest BCUT2D eigenvalue weighted by atomic mass is 32.2. The zero-order valence-corrected chi connectivity index (χ0v) is 16.8. The van der Waals surface area contributed by atoms with Crippen LogP contribution < -0.4 is 0 Å². The molecule has 1 fully saturated rings. The van der Waals surface area contributed by atoms with Crippen LogP contribution in [-0.2, 0) is 15.4 Å². The molecular weight excluding hydrogens is 354 g/mol. The van der Waals surface area contributed by atoms with Crippen molar-refractivity contribution in [1.29, 1.82) is 0 Å². The number of nitrogens with zero attached hydrogens (tertiary/aromatic N) is 1. The molecule has 3 nitrogen and oxygen atoms in total. The van der Waals surface area contributed by atoms with E-state index >= 15 is 0 Å². The summed E-state index contributed by atoms with van der Waals surface area (Å²) in [7, 11) is -3.60. The van der Waals surface area contributed by atoms with Crippen LogP contribution in [0.5, 0.6) is 0 Å². The monoisotopic (exact) mass is 379 g/mol. The molecule has 4 heteroatoms. The lowest BCUT2D eigenvalue weighted by molar-refractivity contribution is 0.384.